The highest BCUT2D eigenvalue weighted by Gasteiger charge is 2.41. The van der Waals surface area contributed by atoms with Crippen molar-refractivity contribution in [2.24, 2.45) is 11.3 Å². The first-order valence-corrected chi connectivity index (χ1v) is 10.0. The second-order valence-corrected chi connectivity index (χ2v) is 8.90. The van der Waals surface area contributed by atoms with Crippen LogP contribution in [0.2, 0.25) is 0 Å². The number of allylic oxidation sites excluding steroid dienone is 2. The van der Waals surface area contributed by atoms with Crippen LogP contribution in [0.25, 0.3) is 0 Å². The summed E-state index contributed by atoms with van der Waals surface area (Å²) in [6.45, 7) is 6.13. The Hall–Kier alpha value is -2.19. The van der Waals surface area contributed by atoms with E-state index in [2.05, 4.69) is 20.8 Å². The summed E-state index contributed by atoms with van der Waals surface area (Å²) in [5.74, 6) is 0.674. The minimum Gasteiger partial charge on any atom is -0.493 e. The molecule has 0 saturated heterocycles. The van der Waals surface area contributed by atoms with Gasteiger partial charge in [0.1, 0.15) is 0 Å². The van der Waals surface area contributed by atoms with Gasteiger partial charge in [-0.1, -0.05) is 20.8 Å². The zero-order valence-corrected chi connectivity index (χ0v) is 17.6. The van der Waals surface area contributed by atoms with Crippen LogP contribution in [0.5, 0.6) is 0 Å². The molecule has 0 radical (unpaired) electrons. The number of halogens is 2. The maximum Gasteiger partial charge on any atom is 0.241 e. The number of nitrogens with zero attached hydrogens (tertiary/aromatic N) is 1. The molecule has 0 spiro atoms. The predicted octanol–water partition coefficient (Wildman–Crippen LogP) is 3.62. The summed E-state index contributed by atoms with van der Waals surface area (Å²) in [5, 5.41) is 19.2. The van der Waals surface area contributed by atoms with E-state index in [0.29, 0.717) is 17.9 Å². The zero-order valence-electron chi connectivity index (χ0n) is 17.6. The van der Waals surface area contributed by atoms with Gasteiger partial charge >= 0.3 is 0 Å². The van der Waals surface area contributed by atoms with Gasteiger partial charge in [0.25, 0.3) is 0 Å². The number of aliphatic hydroxyl groups is 2. The number of pyridine rings is 1. The summed E-state index contributed by atoms with van der Waals surface area (Å²) in [4.78, 5) is 12.5. The third-order valence-electron chi connectivity index (χ3n) is 5.80. The van der Waals surface area contributed by atoms with Gasteiger partial charge in [-0.25, -0.2) is 8.78 Å². The van der Waals surface area contributed by atoms with E-state index in [1.807, 2.05) is 16.7 Å². The number of fused-ring (bicyclic) bond motifs is 3. The molecule has 30 heavy (non-hydrogen) atoms. The Labute approximate surface area is 174 Å². The molecule has 0 aromatic carbocycles. The number of aromatic nitrogens is 1. The summed E-state index contributed by atoms with van der Waals surface area (Å²) in [6, 6.07) is 1.42. The first-order chi connectivity index (χ1) is 14.0. The molecule has 1 aliphatic heterocycles. The van der Waals surface area contributed by atoms with Gasteiger partial charge in [-0.05, 0) is 29.9 Å². The van der Waals surface area contributed by atoms with Gasteiger partial charge in [0.2, 0.25) is 6.43 Å². The van der Waals surface area contributed by atoms with Crippen LogP contribution in [0.1, 0.15) is 63.1 Å². The number of hydrogen-bond donors (Lipinski definition) is 2. The highest BCUT2D eigenvalue weighted by Crippen LogP contribution is 2.49. The Bertz CT molecular complexity index is 898. The molecule has 1 aliphatic carbocycles. The lowest BCUT2D eigenvalue weighted by atomic mass is 9.71. The lowest BCUT2D eigenvalue weighted by Crippen LogP contribution is -2.38. The minimum absolute atomic E-state index is 0.0148. The first-order valence-electron chi connectivity index (χ1n) is 10.0. The first kappa shape index (κ1) is 22.5. The maximum absolute atomic E-state index is 12.5. The van der Waals surface area contributed by atoms with Gasteiger partial charge in [-0.15, -0.1) is 0 Å². The van der Waals surface area contributed by atoms with Gasteiger partial charge in [-0.2, -0.15) is 0 Å². The molecule has 1 aromatic rings. The van der Waals surface area contributed by atoms with Gasteiger partial charge in [0.15, 0.2) is 23.2 Å². The van der Waals surface area contributed by atoms with Gasteiger partial charge < -0.3 is 24.3 Å². The fourth-order valence-corrected chi connectivity index (χ4v) is 4.27. The van der Waals surface area contributed by atoms with Crippen molar-refractivity contribution in [3.8, 4) is 0 Å². The van der Waals surface area contributed by atoms with Crippen molar-refractivity contribution >= 4 is 0 Å². The van der Waals surface area contributed by atoms with E-state index in [-0.39, 0.29) is 41.9 Å². The average molecular weight is 425 g/mol. The third-order valence-corrected chi connectivity index (χ3v) is 5.80. The fourth-order valence-electron chi connectivity index (χ4n) is 4.27. The molecule has 166 valence electrons. The Morgan fingerprint density at radius 1 is 1.23 bits per heavy atom. The van der Waals surface area contributed by atoms with Crippen LogP contribution in [0, 0.1) is 11.3 Å². The summed E-state index contributed by atoms with van der Waals surface area (Å²) in [5.41, 5.74) is 0.0602. The number of alkyl halides is 2. The van der Waals surface area contributed by atoms with E-state index in [0.717, 1.165) is 5.69 Å². The van der Waals surface area contributed by atoms with Crippen molar-refractivity contribution in [2.45, 2.75) is 58.3 Å². The molecule has 3 rings (SSSR count). The van der Waals surface area contributed by atoms with Crippen molar-refractivity contribution in [2.75, 3.05) is 13.7 Å². The van der Waals surface area contributed by atoms with E-state index in [1.54, 1.807) is 0 Å². The Morgan fingerprint density at radius 2 is 1.93 bits per heavy atom. The van der Waals surface area contributed by atoms with Crippen LogP contribution in [0.15, 0.2) is 40.7 Å². The number of hydrogen-bond acceptors (Lipinski definition) is 5. The van der Waals surface area contributed by atoms with E-state index in [9.17, 15) is 23.8 Å². The molecule has 2 heterocycles. The second kappa shape index (κ2) is 8.51. The summed E-state index contributed by atoms with van der Waals surface area (Å²) < 4.78 is 38.0. The molecule has 1 aromatic heterocycles. The fraction of sp³-hybridized carbons (Fsp3) is 0.591. The van der Waals surface area contributed by atoms with E-state index < -0.39 is 18.1 Å². The predicted molar refractivity (Wildman–Crippen MR) is 107 cm³/mol. The number of methoxy groups -OCH3 is 1. The van der Waals surface area contributed by atoms with Crippen LogP contribution in [0.3, 0.4) is 0 Å². The Morgan fingerprint density at radius 3 is 2.50 bits per heavy atom. The topological polar surface area (TPSA) is 80.9 Å². The quantitative estimate of drug-likeness (QED) is 0.681. The smallest absolute Gasteiger partial charge is 0.241 e. The maximum atomic E-state index is 12.5. The van der Waals surface area contributed by atoms with Crippen LogP contribution in [-0.4, -0.2) is 34.9 Å². The van der Waals surface area contributed by atoms with Crippen molar-refractivity contribution < 1.29 is 28.5 Å². The van der Waals surface area contributed by atoms with Crippen molar-refractivity contribution in [1.82, 2.24) is 4.57 Å². The van der Waals surface area contributed by atoms with Crippen LogP contribution < -0.4 is 5.43 Å². The number of ether oxygens (including phenoxy) is 2. The Balaban J connectivity index is 2.05. The molecule has 0 bridgehead atoms. The SMILES string of the molecule is COC1=CC2c3cc(=O)c(C(O)O)cn3C(C(C)(C)C)CC2C=C1OCCC(F)F. The number of rotatable bonds is 6. The summed E-state index contributed by atoms with van der Waals surface area (Å²) in [7, 11) is 1.48. The molecular formula is C22H29F2NO5. The molecule has 0 fully saturated rings. The molecule has 3 unspecified atom stereocenters. The summed E-state index contributed by atoms with van der Waals surface area (Å²) >= 11 is 0. The van der Waals surface area contributed by atoms with E-state index >= 15 is 0 Å². The van der Waals surface area contributed by atoms with Gasteiger partial charge in [0.05, 0.1) is 19.3 Å². The van der Waals surface area contributed by atoms with Crippen LogP contribution in [-0.2, 0) is 9.47 Å². The molecule has 2 aliphatic rings. The van der Waals surface area contributed by atoms with Crippen molar-refractivity contribution in [3.63, 3.8) is 0 Å². The molecule has 0 amide bonds. The minimum atomic E-state index is -2.44. The van der Waals surface area contributed by atoms with Crippen LogP contribution >= 0.6 is 0 Å². The monoisotopic (exact) mass is 425 g/mol. The lowest BCUT2D eigenvalue weighted by Gasteiger charge is -2.44. The second-order valence-electron chi connectivity index (χ2n) is 8.90. The summed E-state index contributed by atoms with van der Waals surface area (Å²) in [6.07, 6.45) is 1.34. The highest BCUT2D eigenvalue weighted by molar-refractivity contribution is 5.37. The largest absolute Gasteiger partial charge is 0.493 e. The highest BCUT2D eigenvalue weighted by atomic mass is 19.3. The normalized spacial score (nSPS) is 23.6. The van der Waals surface area contributed by atoms with E-state index in [4.69, 9.17) is 9.47 Å². The van der Waals surface area contributed by atoms with Gasteiger partial charge in [0, 0.05) is 36.3 Å². The standard InChI is InChI=1S/C22H29F2NO5/c1-22(2,3)19-8-12-7-18(30-6-5-20(23)24)17(29-4)9-13(12)15-10-16(26)14(21(27)28)11-25(15)19/h7,9-13,19-21,27-28H,5-6,8H2,1-4H3. The molecule has 6 nitrogen and oxygen atoms in total. The molecule has 8 heteroatoms. The van der Waals surface area contributed by atoms with E-state index in [1.165, 1.54) is 19.4 Å². The van der Waals surface area contributed by atoms with Gasteiger partial charge in [-0.3, -0.25) is 4.79 Å². The Kier molecular flexibility index (Phi) is 6.38. The number of aliphatic hydroxyl groups excluding tert-OH is 1. The molecular weight excluding hydrogens is 396 g/mol. The van der Waals surface area contributed by atoms with Crippen molar-refractivity contribution in [3.05, 3.63) is 57.4 Å². The van der Waals surface area contributed by atoms with Crippen molar-refractivity contribution in [1.29, 1.82) is 0 Å². The lowest BCUT2D eigenvalue weighted by molar-refractivity contribution is -0.0440. The average Bonchev–Trinajstić information content (AvgIpc) is 2.65. The van der Waals surface area contributed by atoms with Crippen LogP contribution in [0.4, 0.5) is 8.78 Å². The molecule has 0 saturated carbocycles. The zero-order chi connectivity index (χ0) is 22.2. The molecule has 2 N–H and O–H groups in total. The molecule has 3 atom stereocenters. The third kappa shape index (κ3) is 4.44.